The molecule has 0 radical (unpaired) electrons. The average molecular weight is 213 g/mol. The second-order valence-electron chi connectivity index (χ2n) is 2.94. The van der Waals surface area contributed by atoms with Gasteiger partial charge in [-0.25, -0.2) is 0 Å². The van der Waals surface area contributed by atoms with Crippen molar-refractivity contribution < 1.29 is 9.53 Å². The number of alkyl halides is 1. The molecule has 0 aliphatic rings. The number of carbonyl (C=O) groups is 1. The van der Waals surface area contributed by atoms with Gasteiger partial charge in [0.05, 0.1) is 12.0 Å². The highest BCUT2D eigenvalue weighted by atomic mass is 35.5. The molecule has 1 rings (SSSR count). The highest BCUT2D eigenvalue weighted by molar-refractivity contribution is 6.33. The first-order chi connectivity index (χ1) is 6.65. The number of ether oxygens (including phenoxy) is 1. The maximum Gasteiger partial charge on any atom is 0.180 e. The Hall–Kier alpha value is -1.02. The summed E-state index contributed by atoms with van der Waals surface area (Å²) in [5, 5.41) is -0.494. The molecule has 0 spiro atoms. The molecule has 0 heterocycles. The Labute approximate surface area is 88.8 Å². The normalized spacial score (nSPS) is 12.2. The van der Waals surface area contributed by atoms with E-state index >= 15 is 0 Å². The van der Waals surface area contributed by atoms with Crippen molar-refractivity contribution >= 4 is 17.4 Å². The van der Waals surface area contributed by atoms with Gasteiger partial charge >= 0.3 is 0 Å². The van der Waals surface area contributed by atoms with Gasteiger partial charge < -0.3 is 4.74 Å². The van der Waals surface area contributed by atoms with Crippen LogP contribution in [0.15, 0.2) is 24.3 Å². The molecule has 0 aromatic heterocycles. The summed E-state index contributed by atoms with van der Waals surface area (Å²) in [4.78, 5) is 11.5. The molecule has 0 saturated heterocycles. The number of benzene rings is 1. The third-order valence-corrected chi connectivity index (χ3v) is 1.99. The molecule has 1 aromatic rings. The summed E-state index contributed by atoms with van der Waals surface area (Å²) in [7, 11) is 0. The van der Waals surface area contributed by atoms with Crippen molar-refractivity contribution in [1.82, 2.24) is 0 Å². The van der Waals surface area contributed by atoms with Crippen LogP contribution in [0.1, 0.15) is 24.2 Å². The van der Waals surface area contributed by atoms with Gasteiger partial charge in [0.15, 0.2) is 5.78 Å². The lowest BCUT2D eigenvalue weighted by Crippen LogP contribution is -2.10. The molecule has 0 amide bonds. The van der Waals surface area contributed by atoms with Crippen molar-refractivity contribution in [3.05, 3.63) is 29.8 Å². The van der Waals surface area contributed by atoms with Gasteiger partial charge in [0, 0.05) is 5.56 Å². The SMILES string of the molecule is CCOc1cccc(C(=O)C(C)Cl)c1. The molecule has 1 aromatic carbocycles. The third kappa shape index (κ3) is 2.74. The standard InChI is InChI=1S/C11H13ClO2/c1-3-14-10-6-4-5-9(7-10)11(13)8(2)12/h4-8H,3H2,1-2H3. The van der Waals surface area contributed by atoms with Crippen molar-refractivity contribution in [3.63, 3.8) is 0 Å². The first-order valence-corrected chi connectivity index (χ1v) is 5.00. The summed E-state index contributed by atoms with van der Waals surface area (Å²) in [6.45, 7) is 4.16. The molecule has 0 aliphatic heterocycles. The topological polar surface area (TPSA) is 26.3 Å². The fourth-order valence-electron chi connectivity index (χ4n) is 1.14. The van der Waals surface area contributed by atoms with Crippen molar-refractivity contribution in [1.29, 1.82) is 0 Å². The van der Waals surface area contributed by atoms with E-state index in [0.29, 0.717) is 17.9 Å². The van der Waals surface area contributed by atoms with Gasteiger partial charge in [0.2, 0.25) is 0 Å². The number of hydrogen-bond donors (Lipinski definition) is 0. The van der Waals surface area contributed by atoms with Gasteiger partial charge in [-0.2, -0.15) is 0 Å². The van der Waals surface area contributed by atoms with Crippen LogP contribution in [-0.2, 0) is 0 Å². The predicted octanol–water partition coefficient (Wildman–Crippen LogP) is 2.90. The maximum absolute atomic E-state index is 11.5. The van der Waals surface area contributed by atoms with E-state index < -0.39 is 5.38 Å². The molecule has 0 bridgehead atoms. The molecule has 76 valence electrons. The molecular formula is C11H13ClO2. The molecule has 0 saturated carbocycles. The van der Waals surface area contributed by atoms with Crippen LogP contribution in [0.4, 0.5) is 0 Å². The van der Waals surface area contributed by atoms with E-state index in [1.54, 1.807) is 25.1 Å². The summed E-state index contributed by atoms with van der Waals surface area (Å²) in [5.41, 5.74) is 0.596. The van der Waals surface area contributed by atoms with E-state index in [9.17, 15) is 4.79 Å². The van der Waals surface area contributed by atoms with Crippen molar-refractivity contribution in [3.8, 4) is 5.75 Å². The van der Waals surface area contributed by atoms with Gasteiger partial charge in [0.1, 0.15) is 5.75 Å². The summed E-state index contributed by atoms with van der Waals surface area (Å²) in [5.74, 6) is 0.629. The molecule has 0 fully saturated rings. The van der Waals surface area contributed by atoms with E-state index in [0.717, 1.165) is 0 Å². The predicted molar refractivity (Wildman–Crippen MR) is 57.3 cm³/mol. The third-order valence-electron chi connectivity index (χ3n) is 1.79. The number of rotatable bonds is 4. The fraction of sp³-hybridized carbons (Fsp3) is 0.364. The lowest BCUT2D eigenvalue weighted by molar-refractivity contribution is 0.0991. The Morgan fingerprint density at radius 3 is 2.86 bits per heavy atom. The Morgan fingerprint density at radius 1 is 1.57 bits per heavy atom. The second kappa shape index (κ2) is 5.01. The Balaban J connectivity index is 2.88. The van der Waals surface area contributed by atoms with Crippen molar-refractivity contribution in [2.45, 2.75) is 19.2 Å². The minimum Gasteiger partial charge on any atom is -0.494 e. The van der Waals surface area contributed by atoms with Crippen LogP contribution in [0.25, 0.3) is 0 Å². The van der Waals surface area contributed by atoms with Crippen LogP contribution in [0.2, 0.25) is 0 Å². The van der Waals surface area contributed by atoms with Gasteiger partial charge in [-0.05, 0) is 26.0 Å². The summed E-state index contributed by atoms with van der Waals surface area (Å²) in [6, 6.07) is 7.06. The Kier molecular flexibility index (Phi) is 3.96. The number of ketones is 1. The number of Topliss-reactive ketones (excluding diaryl/α,β-unsaturated/α-hetero) is 1. The summed E-state index contributed by atoms with van der Waals surface area (Å²) >= 11 is 5.70. The molecule has 0 N–H and O–H groups in total. The van der Waals surface area contributed by atoms with E-state index in [1.807, 2.05) is 13.0 Å². The molecule has 14 heavy (non-hydrogen) atoms. The van der Waals surface area contributed by atoms with E-state index in [-0.39, 0.29) is 5.78 Å². The van der Waals surface area contributed by atoms with E-state index in [1.165, 1.54) is 0 Å². The lowest BCUT2D eigenvalue weighted by atomic mass is 10.1. The zero-order chi connectivity index (χ0) is 10.6. The van der Waals surface area contributed by atoms with E-state index in [2.05, 4.69) is 0 Å². The minimum absolute atomic E-state index is 0.0757. The van der Waals surface area contributed by atoms with Crippen LogP contribution < -0.4 is 4.74 Å². The zero-order valence-electron chi connectivity index (χ0n) is 8.29. The highest BCUT2D eigenvalue weighted by Gasteiger charge is 2.12. The number of halogens is 1. The molecule has 3 heteroatoms. The van der Waals surface area contributed by atoms with Crippen LogP contribution in [0.5, 0.6) is 5.75 Å². The maximum atomic E-state index is 11.5. The minimum atomic E-state index is -0.494. The quantitative estimate of drug-likeness (QED) is 0.567. The molecule has 1 atom stereocenters. The van der Waals surface area contributed by atoms with Crippen molar-refractivity contribution in [2.24, 2.45) is 0 Å². The van der Waals surface area contributed by atoms with Crippen LogP contribution in [0.3, 0.4) is 0 Å². The van der Waals surface area contributed by atoms with Gasteiger partial charge in [0.25, 0.3) is 0 Å². The smallest absolute Gasteiger partial charge is 0.180 e. The first-order valence-electron chi connectivity index (χ1n) is 4.56. The Morgan fingerprint density at radius 2 is 2.29 bits per heavy atom. The summed E-state index contributed by atoms with van der Waals surface area (Å²) < 4.78 is 5.28. The molecular weight excluding hydrogens is 200 g/mol. The van der Waals surface area contributed by atoms with Gasteiger partial charge in [-0.1, -0.05) is 12.1 Å². The number of carbonyl (C=O) groups excluding carboxylic acids is 1. The molecule has 2 nitrogen and oxygen atoms in total. The summed E-state index contributed by atoms with van der Waals surface area (Å²) in [6.07, 6.45) is 0. The lowest BCUT2D eigenvalue weighted by Gasteiger charge is -2.06. The molecule has 0 aliphatic carbocycles. The largest absolute Gasteiger partial charge is 0.494 e. The average Bonchev–Trinajstić information content (AvgIpc) is 2.17. The molecule has 1 unspecified atom stereocenters. The second-order valence-corrected chi connectivity index (χ2v) is 3.60. The number of hydrogen-bond acceptors (Lipinski definition) is 2. The monoisotopic (exact) mass is 212 g/mol. The van der Waals surface area contributed by atoms with Gasteiger partial charge in [-0.3, -0.25) is 4.79 Å². The van der Waals surface area contributed by atoms with Crippen LogP contribution in [-0.4, -0.2) is 17.8 Å². The zero-order valence-corrected chi connectivity index (χ0v) is 9.04. The fourth-order valence-corrected chi connectivity index (χ4v) is 1.26. The Bertz CT molecular complexity index is 321. The van der Waals surface area contributed by atoms with Crippen LogP contribution in [0, 0.1) is 0 Å². The van der Waals surface area contributed by atoms with Crippen molar-refractivity contribution in [2.75, 3.05) is 6.61 Å². The van der Waals surface area contributed by atoms with Crippen LogP contribution >= 0.6 is 11.6 Å². The highest BCUT2D eigenvalue weighted by Crippen LogP contribution is 2.16. The van der Waals surface area contributed by atoms with E-state index in [4.69, 9.17) is 16.3 Å². The first kappa shape index (κ1) is 11.1. The van der Waals surface area contributed by atoms with Gasteiger partial charge in [-0.15, -0.1) is 11.6 Å².